The molecule has 0 radical (unpaired) electrons. The number of amides is 3. The van der Waals surface area contributed by atoms with Crippen LogP contribution in [-0.4, -0.2) is 61.1 Å². The number of aryl methyl sites for hydroxylation is 1. The third kappa shape index (κ3) is 3.64. The van der Waals surface area contributed by atoms with Crippen LogP contribution in [0.3, 0.4) is 0 Å². The van der Waals surface area contributed by atoms with E-state index in [9.17, 15) is 14.4 Å². The van der Waals surface area contributed by atoms with Crippen molar-refractivity contribution < 1.29 is 19.1 Å². The van der Waals surface area contributed by atoms with Crippen LogP contribution in [0, 0.1) is 6.92 Å². The number of hydrogen-bond acceptors (Lipinski definition) is 5. The Labute approximate surface area is 193 Å². The molecular weight excluding hydrogens is 420 g/mol. The lowest BCUT2D eigenvalue weighted by atomic mass is 9.98. The quantitative estimate of drug-likeness (QED) is 0.778. The van der Waals surface area contributed by atoms with Crippen molar-refractivity contribution in [3.05, 3.63) is 53.6 Å². The van der Waals surface area contributed by atoms with Gasteiger partial charge in [-0.25, -0.2) is 0 Å². The fourth-order valence-electron chi connectivity index (χ4n) is 5.08. The molecule has 172 valence electrons. The number of benzene rings is 2. The number of hydrogen-bond donors (Lipinski definition) is 1. The molecule has 0 aromatic heterocycles. The SMILES string of the molecule is Cc1cc(N2CCOCC2)ccc1NC(=O)CN1C(=O)c2ccccc2N2C(=O)CCC12C. The maximum absolute atomic E-state index is 13.3. The molecule has 0 aliphatic carbocycles. The predicted molar refractivity (Wildman–Crippen MR) is 125 cm³/mol. The highest BCUT2D eigenvalue weighted by molar-refractivity contribution is 6.11. The minimum absolute atomic E-state index is 0.0302. The van der Waals surface area contributed by atoms with Crippen LogP contribution in [0.5, 0.6) is 0 Å². The minimum Gasteiger partial charge on any atom is -0.378 e. The predicted octanol–water partition coefficient (Wildman–Crippen LogP) is 2.77. The topological polar surface area (TPSA) is 82.2 Å². The lowest BCUT2D eigenvalue weighted by Crippen LogP contribution is -2.63. The van der Waals surface area contributed by atoms with Crippen LogP contribution < -0.4 is 15.1 Å². The fourth-order valence-corrected chi connectivity index (χ4v) is 5.08. The van der Waals surface area contributed by atoms with E-state index in [1.54, 1.807) is 23.1 Å². The molecule has 2 aromatic carbocycles. The van der Waals surface area contributed by atoms with Gasteiger partial charge in [-0.15, -0.1) is 0 Å². The zero-order valence-corrected chi connectivity index (χ0v) is 19.0. The van der Waals surface area contributed by atoms with Gasteiger partial charge in [-0.2, -0.15) is 0 Å². The standard InChI is InChI=1S/C25H28N4O4/c1-17-15-18(27-11-13-33-14-12-27)7-8-20(17)26-22(30)16-28-24(32)19-5-3-4-6-21(19)29-23(31)9-10-25(28,29)2/h3-8,15H,9-14,16H2,1-2H3,(H,26,30). The number of fused-ring (bicyclic) bond motifs is 3. The largest absolute Gasteiger partial charge is 0.378 e. The summed E-state index contributed by atoms with van der Waals surface area (Å²) in [5, 5.41) is 2.96. The Morgan fingerprint density at radius 3 is 2.64 bits per heavy atom. The summed E-state index contributed by atoms with van der Waals surface area (Å²) in [5.74, 6) is -0.545. The molecule has 5 rings (SSSR count). The number of morpholine rings is 1. The molecule has 3 aliphatic heterocycles. The molecule has 1 atom stereocenters. The zero-order valence-electron chi connectivity index (χ0n) is 19.0. The van der Waals surface area contributed by atoms with Gasteiger partial charge in [0.25, 0.3) is 5.91 Å². The van der Waals surface area contributed by atoms with E-state index in [1.807, 2.05) is 32.0 Å². The molecular formula is C25H28N4O4. The first kappa shape index (κ1) is 21.5. The van der Waals surface area contributed by atoms with Crippen molar-refractivity contribution >= 4 is 34.8 Å². The van der Waals surface area contributed by atoms with E-state index in [1.165, 1.54) is 4.90 Å². The number of rotatable bonds is 4. The van der Waals surface area contributed by atoms with Gasteiger partial charge in [0, 0.05) is 30.9 Å². The Morgan fingerprint density at radius 2 is 1.88 bits per heavy atom. The Kier molecular flexibility index (Phi) is 5.32. The van der Waals surface area contributed by atoms with Gasteiger partial charge in [-0.05, 0) is 56.2 Å². The summed E-state index contributed by atoms with van der Waals surface area (Å²) in [4.78, 5) is 44.6. The van der Waals surface area contributed by atoms with Crippen molar-refractivity contribution in [2.24, 2.45) is 0 Å². The van der Waals surface area contributed by atoms with E-state index in [0.29, 0.717) is 43.0 Å². The van der Waals surface area contributed by atoms with Gasteiger partial charge >= 0.3 is 0 Å². The van der Waals surface area contributed by atoms with Crippen LogP contribution in [0.25, 0.3) is 0 Å². The summed E-state index contributed by atoms with van der Waals surface area (Å²) < 4.78 is 5.42. The lowest BCUT2D eigenvalue weighted by molar-refractivity contribution is -0.120. The second-order valence-corrected chi connectivity index (χ2v) is 9.00. The van der Waals surface area contributed by atoms with Crippen molar-refractivity contribution in [1.29, 1.82) is 0 Å². The minimum atomic E-state index is -0.852. The van der Waals surface area contributed by atoms with E-state index >= 15 is 0 Å². The van der Waals surface area contributed by atoms with Crippen molar-refractivity contribution in [2.45, 2.75) is 32.4 Å². The molecule has 2 saturated heterocycles. The number of carbonyl (C=O) groups is 3. The summed E-state index contributed by atoms with van der Waals surface area (Å²) in [6.45, 7) is 6.81. The molecule has 1 unspecified atom stereocenters. The molecule has 3 aliphatic rings. The van der Waals surface area contributed by atoms with Crippen LogP contribution in [0.1, 0.15) is 35.7 Å². The highest BCUT2D eigenvalue weighted by Crippen LogP contribution is 2.43. The third-order valence-corrected chi connectivity index (χ3v) is 6.91. The van der Waals surface area contributed by atoms with Gasteiger partial charge in [0.15, 0.2) is 0 Å². The van der Waals surface area contributed by atoms with Crippen LogP contribution in [0.15, 0.2) is 42.5 Å². The number of para-hydroxylation sites is 1. The molecule has 2 aromatic rings. The molecule has 8 nitrogen and oxygen atoms in total. The highest BCUT2D eigenvalue weighted by atomic mass is 16.5. The first-order valence-electron chi connectivity index (χ1n) is 11.4. The molecule has 3 amide bonds. The molecule has 0 saturated carbocycles. The summed E-state index contributed by atoms with van der Waals surface area (Å²) in [7, 11) is 0. The van der Waals surface area contributed by atoms with Gasteiger partial charge in [-0.3, -0.25) is 19.3 Å². The average molecular weight is 449 g/mol. The van der Waals surface area contributed by atoms with Crippen LogP contribution >= 0.6 is 0 Å². The van der Waals surface area contributed by atoms with Crippen LogP contribution in [0.4, 0.5) is 17.1 Å². The zero-order chi connectivity index (χ0) is 23.2. The van der Waals surface area contributed by atoms with Crippen molar-refractivity contribution in [1.82, 2.24) is 4.90 Å². The lowest BCUT2D eigenvalue weighted by Gasteiger charge is -2.48. The number of nitrogens with one attached hydrogen (secondary N) is 1. The normalized spacial score (nSPS) is 22.3. The second-order valence-electron chi connectivity index (χ2n) is 9.00. The van der Waals surface area contributed by atoms with Gasteiger partial charge in [0.05, 0.1) is 24.5 Å². The summed E-state index contributed by atoms with van der Waals surface area (Å²) in [6, 6.07) is 13.1. The highest BCUT2D eigenvalue weighted by Gasteiger charge is 2.53. The van der Waals surface area contributed by atoms with Crippen molar-refractivity contribution in [2.75, 3.05) is 48.0 Å². The Bertz CT molecular complexity index is 1130. The molecule has 3 heterocycles. The fraction of sp³-hybridized carbons (Fsp3) is 0.400. The van der Waals surface area contributed by atoms with Gasteiger partial charge < -0.3 is 19.9 Å². The van der Waals surface area contributed by atoms with Crippen molar-refractivity contribution in [3.8, 4) is 0 Å². The summed E-state index contributed by atoms with van der Waals surface area (Å²) >= 11 is 0. The monoisotopic (exact) mass is 448 g/mol. The van der Waals surface area contributed by atoms with Gasteiger partial charge in [0.1, 0.15) is 12.2 Å². The van der Waals surface area contributed by atoms with E-state index in [4.69, 9.17) is 4.74 Å². The Balaban J connectivity index is 1.35. The number of ether oxygens (including phenoxy) is 1. The van der Waals surface area contributed by atoms with E-state index < -0.39 is 5.66 Å². The van der Waals surface area contributed by atoms with Crippen molar-refractivity contribution in [3.63, 3.8) is 0 Å². The molecule has 1 N–H and O–H groups in total. The molecule has 2 fully saturated rings. The second kappa shape index (κ2) is 8.19. The summed E-state index contributed by atoms with van der Waals surface area (Å²) in [5.41, 5.74) is 2.99. The first-order valence-corrected chi connectivity index (χ1v) is 11.4. The first-order chi connectivity index (χ1) is 15.9. The van der Waals surface area contributed by atoms with E-state index in [2.05, 4.69) is 16.3 Å². The molecule has 0 spiro atoms. The Morgan fingerprint density at radius 1 is 1.12 bits per heavy atom. The van der Waals surface area contributed by atoms with Crippen LogP contribution in [0.2, 0.25) is 0 Å². The van der Waals surface area contributed by atoms with E-state index in [-0.39, 0.29) is 24.3 Å². The number of nitrogens with zero attached hydrogens (tertiary/aromatic N) is 3. The van der Waals surface area contributed by atoms with Gasteiger partial charge in [-0.1, -0.05) is 12.1 Å². The molecule has 33 heavy (non-hydrogen) atoms. The molecule has 8 heteroatoms. The summed E-state index contributed by atoms with van der Waals surface area (Å²) in [6.07, 6.45) is 0.838. The smallest absolute Gasteiger partial charge is 0.258 e. The Hall–Kier alpha value is -3.39. The number of carbonyl (C=O) groups excluding carboxylic acids is 3. The van der Waals surface area contributed by atoms with Gasteiger partial charge in [0.2, 0.25) is 11.8 Å². The maximum atomic E-state index is 13.3. The average Bonchev–Trinajstić information content (AvgIpc) is 3.14. The van der Waals surface area contributed by atoms with E-state index in [0.717, 1.165) is 24.3 Å². The third-order valence-electron chi connectivity index (χ3n) is 6.91. The van der Waals surface area contributed by atoms with Crippen LogP contribution in [-0.2, 0) is 14.3 Å². The molecule has 0 bridgehead atoms. The number of anilines is 3. The maximum Gasteiger partial charge on any atom is 0.258 e.